The van der Waals surface area contributed by atoms with E-state index in [1.807, 2.05) is 12.3 Å². The number of hydrogen-bond donors (Lipinski definition) is 1. The molecule has 0 aromatic carbocycles. The first-order valence-electron chi connectivity index (χ1n) is 11.9. The lowest BCUT2D eigenvalue weighted by Gasteiger charge is -2.33. The van der Waals surface area contributed by atoms with Crippen LogP contribution in [-0.2, 0) is 19.4 Å². The zero-order valence-corrected chi connectivity index (χ0v) is 18.0. The summed E-state index contributed by atoms with van der Waals surface area (Å²) in [7, 11) is 0. The largest absolute Gasteiger partial charge is 0.356 e. The van der Waals surface area contributed by atoms with Crippen LogP contribution >= 0.6 is 0 Å². The van der Waals surface area contributed by atoms with Gasteiger partial charge in [0.15, 0.2) is 0 Å². The quantitative estimate of drug-likeness (QED) is 0.815. The lowest BCUT2D eigenvalue weighted by molar-refractivity contribution is 0.206. The first-order chi connectivity index (χ1) is 14.8. The van der Waals surface area contributed by atoms with E-state index < -0.39 is 0 Å². The van der Waals surface area contributed by atoms with E-state index in [1.165, 1.54) is 62.0 Å². The minimum atomic E-state index is 0.402. The number of rotatable bonds is 5. The van der Waals surface area contributed by atoms with Crippen molar-refractivity contribution >= 4 is 11.8 Å². The van der Waals surface area contributed by atoms with Crippen molar-refractivity contribution in [1.29, 1.82) is 0 Å². The van der Waals surface area contributed by atoms with Gasteiger partial charge in [0.2, 0.25) is 5.95 Å². The van der Waals surface area contributed by atoms with Gasteiger partial charge in [-0.15, -0.1) is 0 Å². The van der Waals surface area contributed by atoms with Crippen molar-refractivity contribution in [3.63, 3.8) is 0 Å². The highest BCUT2D eigenvalue weighted by Gasteiger charge is 2.26. The van der Waals surface area contributed by atoms with Gasteiger partial charge >= 0.3 is 0 Å². The lowest BCUT2D eigenvalue weighted by Crippen LogP contribution is -2.42. The van der Waals surface area contributed by atoms with Crippen LogP contribution in [0.4, 0.5) is 11.8 Å². The summed E-state index contributed by atoms with van der Waals surface area (Å²) in [5, 5.41) is 3.71. The summed E-state index contributed by atoms with van der Waals surface area (Å²) in [4.78, 5) is 19.6. The molecule has 0 amide bonds. The summed E-state index contributed by atoms with van der Waals surface area (Å²) in [6, 6.07) is 6.58. The van der Waals surface area contributed by atoms with E-state index in [2.05, 4.69) is 32.2 Å². The Kier molecular flexibility index (Phi) is 6.11. The first kappa shape index (κ1) is 19.7. The summed E-state index contributed by atoms with van der Waals surface area (Å²) < 4.78 is 0. The van der Waals surface area contributed by atoms with Crippen LogP contribution in [0.1, 0.15) is 61.9 Å². The standard InChI is InChI=1S/C24H34N6/c1-2-6-16-30(15-5-1)23-21-11-7-12-22(21)27-24(28-23)26-20-10-8-14-29(18-20)17-19-9-3-4-13-25-19/h3-4,9,13,20H,1-2,5-8,10-12,14-18H2,(H,26,27,28)/t20-/m1/s1. The average Bonchev–Trinajstić information content (AvgIpc) is 3.07. The molecule has 6 nitrogen and oxygen atoms in total. The number of pyridine rings is 1. The van der Waals surface area contributed by atoms with Crippen molar-refractivity contribution < 1.29 is 0 Å². The van der Waals surface area contributed by atoms with E-state index >= 15 is 0 Å². The zero-order valence-electron chi connectivity index (χ0n) is 18.0. The molecule has 160 valence electrons. The predicted molar refractivity (Wildman–Crippen MR) is 121 cm³/mol. The van der Waals surface area contributed by atoms with Gasteiger partial charge in [0.25, 0.3) is 0 Å². The van der Waals surface area contributed by atoms with Crippen molar-refractivity contribution in [2.75, 3.05) is 36.4 Å². The van der Waals surface area contributed by atoms with Gasteiger partial charge < -0.3 is 10.2 Å². The molecule has 0 unspecified atom stereocenters. The number of aromatic nitrogens is 3. The summed E-state index contributed by atoms with van der Waals surface area (Å²) >= 11 is 0. The van der Waals surface area contributed by atoms with Crippen molar-refractivity contribution in [2.45, 2.75) is 70.4 Å². The molecular formula is C24H34N6. The molecule has 1 atom stereocenters. The molecule has 2 aromatic heterocycles. The van der Waals surface area contributed by atoms with E-state index in [0.29, 0.717) is 6.04 Å². The van der Waals surface area contributed by atoms with E-state index in [4.69, 9.17) is 9.97 Å². The molecule has 0 saturated carbocycles. The van der Waals surface area contributed by atoms with Gasteiger partial charge in [-0.25, -0.2) is 4.98 Å². The first-order valence-corrected chi connectivity index (χ1v) is 11.9. The maximum absolute atomic E-state index is 5.09. The number of nitrogens with one attached hydrogen (secondary N) is 1. The van der Waals surface area contributed by atoms with Gasteiger partial charge in [-0.3, -0.25) is 9.88 Å². The molecule has 2 aromatic rings. The Morgan fingerprint density at radius 3 is 2.67 bits per heavy atom. The number of nitrogens with zero attached hydrogens (tertiary/aromatic N) is 5. The molecule has 4 heterocycles. The Morgan fingerprint density at radius 2 is 1.83 bits per heavy atom. The molecule has 0 radical (unpaired) electrons. The Balaban J connectivity index is 1.30. The number of anilines is 2. The highest BCUT2D eigenvalue weighted by atomic mass is 15.3. The second-order valence-electron chi connectivity index (χ2n) is 9.09. The van der Waals surface area contributed by atoms with Gasteiger partial charge in [-0.2, -0.15) is 4.98 Å². The molecule has 6 heteroatoms. The van der Waals surface area contributed by atoms with E-state index in [0.717, 1.165) is 57.2 Å². The third kappa shape index (κ3) is 4.59. The van der Waals surface area contributed by atoms with Crippen LogP contribution in [0.3, 0.4) is 0 Å². The van der Waals surface area contributed by atoms with Crippen LogP contribution in [0.2, 0.25) is 0 Å². The van der Waals surface area contributed by atoms with Gasteiger partial charge in [0.1, 0.15) is 5.82 Å². The van der Waals surface area contributed by atoms with Crippen molar-refractivity contribution in [3.05, 3.63) is 41.3 Å². The Labute approximate surface area is 180 Å². The summed E-state index contributed by atoms with van der Waals surface area (Å²) in [6.45, 7) is 5.37. The number of fused-ring (bicyclic) bond motifs is 1. The Hall–Kier alpha value is -2.21. The monoisotopic (exact) mass is 406 g/mol. The van der Waals surface area contributed by atoms with Gasteiger partial charge in [-0.1, -0.05) is 18.9 Å². The number of likely N-dealkylation sites (tertiary alicyclic amines) is 1. The fraction of sp³-hybridized carbons (Fsp3) is 0.625. The molecule has 5 rings (SSSR count). The average molecular weight is 407 g/mol. The molecule has 1 aliphatic carbocycles. The third-order valence-corrected chi connectivity index (χ3v) is 6.77. The molecular weight excluding hydrogens is 372 g/mol. The Bertz CT molecular complexity index is 831. The van der Waals surface area contributed by atoms with Gasteiger partial charge in [-0.05, 0) is 63.6 Å². The summed E-state index contributed by atoms with van der Waals surface area (Å²) in [6.07, 6.45) is 13.0. The summed E-state index contributed by atoms with van der Waals surface area (Å²) in [5.41, 5.74) is 3.85. The van der Waals surface area contributed by atoms with Gasteiger partial charge in [0.05, 0.1) is 11.4 Å². The summed E-state index contributed by atoms with van der Waals surface area (Å²) in [5.74, 6) is 2.07. The van der Waals surface area contributed by atoms with Crippen LogP contribution < -0.4 is 10.2 Å². The highest BCUT2D eigenvalue weighted by molar-refractivity contribution is 5.54. The van der Waals surface area contributed by atoms with E-state index in [9.17, 15) is 0 Å². The topological polar surface area (TPSA) is 57.2 Å². The van der Waals surface area contributed by atoms with Crippen LogP contribution in [0.15, 0.2) is 24.4 Å². The SMILES string of the molecule is c1ccc(CN2CCC[C@@H](Nc3nc4c(c(N5CCCCCC5)n3)CCC4)C2)nc1. The highest BCUT2D eigenvalue weighted by Crippen LogP contribution is 2.31. The number of piperidine rings is 1. The fourth-order valence-corrected chi connectivity index (χ4v) is 5.24. The molecule has 2 fully saturated rings. The van der Waals surface area contributed by atoms with Crippen LogP contribution in [0.25, 0.3) is 0 Å². The predicted octanol–water partition coefficient (Wildman–Crippen LogP) is 3.82. The van der Waals surface area contributed by atoms with Gasteiger partial charge in [0, 0.05) is 44.0 Å². The molecule has 1 N–H and O–H groups in total. The van der Waals surface area contributed by atoms with Crippen LogP contribution in [0, 0.1) is 0 Å². The number of aryl methyl sites for hydroxylation is 1. The second kappa shape index (κ2) is 9.29. The molecule has 2 aliphatic heterocycles. The molecule has 3 aliphatic rings. The van der Waals surface area contributed by atoms with E-state index in [-0.39, 0.29) is 0 Å². The van der Waals surface area contributed by atoms with Crippen LogP contribution in [-0.4, -0.2) is 52.1 Å². The maximum Gasteiger partial charge on any atom is 0.225 e. The van der Waals surface area contributed by atoms with Crippen molar-refractivity contribution in [1.82, 2.24) is 19.9 Å². The Morgan fingerprint density at radius 1 is 0.933 bits per heavy atom. The molecule has 30 heavy (non-hydrogen) atoms. The smallest absolute Gasteiger partial charge is 0.225 e. The molecule has 2 saturated heterocycles. The lowest BCUT2D eigenvalue weighted by atomic mass is 10.1. The van der Waals surface area contributed by atoms with E-state index in [1.54, 1.807) is 0 Å². The molecule has 0 bridgehead atoms. The normalized spacial score (nSPS) is 22.5. The van der Waals surface area contributed by atoms with Crippen molar-refractivity contribution in [2.24, 2.45) is 0 Å². The minimum Gasteiger partial charge on any atom is -0.356 e. The van der Waals surface area contributed by atoms with Crippen molar-refractivity contribution in [3.8, 4) is 0 Å². The fourth-order valence-electron chi connectivity index (χ4n) is 5.24. The molecule has 0 spiro atoms. The van der Waals surface area contributed by atoms with Crippen LogP contribution in [0.5, 0.6) is 0 Å². The number of hydrogen-bond acceptors (Lipinski definition) is 6. The minimum absolute atomic E-state index is 0.402. The third-order valence-electron chi connectivity index (χ3n) is 6.77. The zero-order chi connectivity index (χ0) is 20.2. The maximum atomic E-state index is 5.09. The second-order valence-corrected chi connectivity index (χ2v) is 9.09.